The molecule has 0 unspecified atom stereocenters. The normalized spacial score (nSPS) is 14.6. The molecule has 7 heteroatoms. The van der Waals surface area contributed by atoms with Crippen molar-refractivity contribution in [1.82, 2.24) is 4.90 Å². The lowest BCUT2D eigenvalue weighted by Crippen LogP contribution is -2.27. The standard InChI is InChI=1S/C18H19ClN2O3S/c1-13-4-7-15(8-5-13)20-25(23,24)17-12-14(6-9-16(17)19)18(22)21-10-2-3-11-21/h4-9,12,20H,2-3,10-11H2,1H3. The third-order valence-electron chi connectivity index (χ3n) is 4.16. The van der Waals surface area contributed by atoms with Gasteiger partial charge in [0.25, 0.3) is 15.9 Å². The first-order valence-corrected chi connectivity index (χ1v) is 9.91. The maximum Gasteiger partial charge on any atom is 0.263 e. The van der Waals surface area contributed by atoms with Crippen LogP contribution in [0, 0.1) is 6.92 Å². The van der Waals surface area contributed by atoms with Gasteiger partial charge in [0.15, 0.2) is 0 Å². The number of halogens is 1. The average Bonchev–Trinajstić information content (AvgIpc) is 3.11. The first-order valence-electron chi connectivity index (χ1n) is 8.05. The molecule has 132 valence electrons. The lowest BCUT2D eigenvalue weighted by molar-refractivity contribution is 0.0792. The van der Waals surface area contributed by atoms with Crippen LogP contribution in [0.25, 0.3) is 0 Å². The van der Waals surface area contributed by atoms with Gasteiger partial charge >= 0.3 is 0 Å². The topological polar surface area (TPSA) is 66.5 Å². The summed E-state index contributed by atoms with van der Waals surface area (Å²) in [5.74, 6) is -0.166. The Balaban J connectivity index is 1.90. The third kappa shape index (κ3) is 3.96. The van der Waals surface area contributed by atoms with Gasteiger partial charge in [-0.25, -0.2) is 8.42 Å². The summed E-state index contributed by atoms with van der Waals surface area (Å²) in [4.78, 5) is 14.1. The fourth-order valence-corrected chi connectivity index (χ4v) is 4.36. The van der Waals surface area contributed by atoms with Crippen LogP contribution in [-0.2, 0) is 10.0 Å². The van der Waals surface area contributed by atoms with E-state index in [1.54, 1.807) is 23.1 Å². The molecule has 2 aromatic rings. The lowest BCUT2D eigenvalue weighted by atomic mass is 10.2. The Morgan fingerprint density at radius 2 is 1.72 bits per heavy atom. The van der Waals surface area contributed by atoms with Gasteiger partial charge in [0.2, 0.25) is 0 Å². The van der Waals surface area contributed by atoms with E-state index in [-0.39, 0.29) is 15.8 Å². The molecule has 0 bridgehead atoms. The number of benzene rings is 2. The van der Waals surface area contributed by atoms with Gasteiger partial charge < -0.3 is 4.90 Å². The highest BCUT2D eigenvalue weighted by atomic mass is 35.5. The molecule has 1 saturated heterocycles. The Kier molecular flexibility index (Phi) is 5.01. The first kappa shape index (κ1) is 17.8. The third-order valence-corrected chi connectivity index (χ3v) is 6.03. The number of aryl methyl sites for hydroxylation is 1. The van der Waals surface area contributed by atoms with Crippen molar-refractivity contribution in [1.29, 1.82) is 0 Å². The van der Waals surface area contributed by atoms with Crippen LogP contribution in [0.15, 0.2) is 47.4 Å². The second-order valence-electron chi connectivity index (χ2n) is 6.12. The number of nitrogens with one attached hydrogen (secondary N) is 1. The molecule has 0 aromatic heterocycles. The van der Waals surface area contributed by atoms with Gasteiger partial charge in [-0.15, -0.1) is 0 Å². The summed E-state index contributed by atoms with van der Waals surface area (Å²) in [6.07, 6.45) is 1.94. The van der Waals surface area contributed by atoms with Crippen LogP contribution in [0.2, 0.25) is 5.02 Å². The minimum atomic E-state index is -3.89. The summed E-state index contributed by atoms with van der Waals surface area (Å²) in [7, 11) is -3.89. The number of hydrogen-bond acceptors (Lipinski definition) is 3. The Morgan fingerprint density at radius 1 is 1.08 bits per heavy atom. The van der Waals surface area contributed by atoms with Crippen molar-refractivity contribution in [2.24, 2.45) is 0 Å². The molecule has 1 aliphatic rings. The molecule has 0 atom stereocenters. The smallest absolute Gasteiger partial charge is 0.263 e. The summed E-state index contributed by atoms with van der Waals surface area (Å²) in [5.41, 5.74) is 1.80. The minimum Gasteiger partial charge on any atom is -0.339 e. The molecule has 1 aliphatic heterocycles. The molecular formula is C18H19ClN2O3S. The average molecular weight is 379 g/mol. The van der Waals surface area contributed by atoms with E-state index in [0.717, 1.165) is 18.4 Å². The van der Waals surface area contributed by atoms with Crippen LogP contribution in [0.4, 0.5) is 5.69 Å². The summed E-state index contributed by atoms with van der Waals surface area (Å²) in [6.45, 7) is 3.32. The Morgan fingerprint density at radius 3 is 2.36 bits per heavy atom. The van der Waals surface area contributed by atoms with E-state index in [2.05, 4.69) is 4.72 Å². The van der Waals surface area contributed by atoms with Crippen LogP contribution in [0.5, 0.6) is 0 Å². The quantitative estimate of drug-likeness (QED) is 0.882. The van der Waals surface area contributed by atoms with Crippen LogP contribution >= 0.6 is 11.6 Å². The predicted octanol–water partition coefficient (Wildman–Crippen LogP) is 3.69. The molecule has 2 aromatic carbocycles. The van der Waals surface area contributed by atoms with Gasteiger partial charge in [0.1, 0.15) is 4.90 Å². The first-order chi connectivity index (χ1) is 11.9. The minimum absolute atomic E-state index is 0.0811. The van der Waals surface area contributed by atoms with E-state index in [4.69, 9.17) is 11.6 Å². The number of anilines is 1. The molecular weight excluding hydrogens is 360 g/mol. The van der Waals surface area contributed by atoms with E-state index >= 15 is 0 Å². The molecule has 5 nitrogen and oxygen atoms in total. The predicted molar refractivity (Wildman–Crippen MR) is 98.6 cm³/mol. The molecule has 1 N–H and O–H groups in total. The van der Waals surface area contributed by atoms with Crippen LogP contribution < -0.4 is 4.72 Å². The zero-order valence-corrected chi connectivity index (χ0v) is 15.4. The van der Waals surface area contributed by atoms with Crippen molar-refractivity contribution in [2.45, 2.75) is 24.7 Å². The number of amides is 1. The highest BCUT2D eigenvalue weighted by molar-refractivity contribution is 7.92. The number of carbonyl (C=O) groups excluding carboxylic acids is 1. The van der Waals surface area contributed by atoms with Gasteiger partial charge in [-0.05, 0) is 50.1 Å². The van der Waals surface area contributed by atoms with Gasteiger partial charge in [0, 0.05) is 24.3 Å². The maximum absolute atomic E-state index is 12.7. The summed E-state index contributed by atoms with van der Waals surface area (Å²) < 4.78 is 27.9. The van der Waals surface area contributed by atoms with Gasteiger partial charge in [-0.1, -0.05) is 29.3 Å². The number of nitrogens with zero attached hydrogens (tertiary/aromatic N) is 1. The highest BCUT2D eigenvalue weighted by Gasteiger charge is 2.24. The molecule has 1 heterocycles. The number of likely N-dealkylation sites (tertiary alicyclic amines) is 1. The number of sulfonamides is 1. The number of hydrogen-bond donors (Lipinski definition) is 1. The molecule has 25 heavy (non-hydrogen) atoms. The summed E-state index contributed by atoms with van der Waals surface area (Å²) in [5, 5.41) is 0.0811. The molecule has 0 spiro atoms. The van der Waals surface area contributed by atoms with E-state index in [0.29, 0.717) is 24.3 Å². The van der Waals surface area contributed by atoms with Gasteiger partial charge in [-0.2, -0.15) is 0 Å². The SMILES string of the molecule is Cc1ccc(NS(=O)(=O)c2cc(C(=O)N3CCCC3)ccc2Cl)cc1. The van der Waals surface area contributed by atoms with E-state index in [1.165, 1.54) is 12.1 Å². The van der Waals surface area contributed by atoms with E-state index < -0.39 is 10.0 Å². The molecule has 1 amide bonds. The van der Waals surface area contributed by atoms with Crippen molar-refractivity contribution < 1.29 is 13.2 Å². The Hall–Kier alpha value is -2.05. The van der Waals surface area contributed by atoms with Gasteiger partial charge in [-0.3, -0.25) is 9.52 Å². The zero-order valence-electron chi connectivity index (χ0n) is 13.8. The van der Waals surface area contributed by atoms with E-state index in [9.17, 15) is 13.2 Å². The molecule has 1 fully saturated rings. The van der Waals surface area contributed by atoms with Crippen LogP contribution in [0.1, 0.15) is 28.8 Å². The number of rotatable bonds is 4. The second-order valence-corrected chi connectivity index (χ2v) is 8.17. The molecule has 3 rings (SSSR count). The van der Waals surface area contributed by atoms with Crippen molar-refractivity contribution >= 4 is 33.2 Å². The van der Waals surface area contributed by atoms with E-state index in [1.807, 2.05) is 19.1 Å². The van der Waals surface area contributed by atoms with Crippen molar-refractivity contribution in [2.75, 3.05) is 17.8 Å². The molecule has 0 radical (unpaired) electrons. The maximum atomic E-state index is 12.7. The highest BCUT2D eigenvalue weighted by Crippen LogP contribution is 2.26. The zero-order chi connectivity index (χ0) is 18.0. The summed E-state index contributed by atoms with van der Waals surface area (Å²) in [6, 6.07) is 11.3. The number of carbonyl (C=O) groups is 1. The second kappa shape index (κ2) is 7.06. The van der Waals surface area contributed by atoms with Crippen molar-refractivity contribution in [3.05, 3.63) is 58.6 Å². The van der Waals surface area contributed by atoms with Crippen molar-refractivity contribution in [3.63, 3.8) is 0 Å². The Bertz CT molecular complexity index is 889. The fourth-order valence-electron chi connectivity index (χ4n) is 2.78. The van der Waals surface area contributed by atoms with Gasteiger partial charge in [0.05, 0.1) is 5.02 Å². The monoisotopic (exact) mass is 378 g/mol. The van der Waals surface area contributed by atoms with Crippen LogP contribution in [0.3, 0.4) is 0 Å². The lowest BCUT2D eigenvalue weighted by Gasteiger charge is -2.16. The molecule has 0 aliphatic carbocycles. The van der Waals surface area contributed by atoms with Crippen molar-refractivity contribution in [3.8, 4) is 0 Å². The molecule has 0 saturated carbocycles. The largest absolute Gasteiger partial charge is 0.339 e. The Labute approximate surface area is 152 Å². The summed E-state index contributed by atoms with van der Waals surface area (Å²) >= 11 is 6.09. The van der Waals surface area contributed by atoms with Crippen LogP contribution in [-0.4, -0.2) is 32.3 Å². The fraction of sp³-hybridized carbons (Fsp3) is 0.278.